The summed E-state index contributed by atoms with van der Waals surface area (Å²) in [7, 11) is 0. The van der Waals surface area contributed by atoms with E-state index >= 15 is 0 Å². The molecule has 6 heteroatoms. The molecule has 3 N–H and O–H groups in total. The minimum absolute atomic E-state index is 0.0847. The van der Waals surface area contributed by atoms with Gasteiger partial charge in [-0.2, -0.15) is 13.2 Å². The van der Waals surface area contributed by atoms with E-state index in [0.717, 1.165) is 0 Å². The minimum Gasteiger partial charge on any atom is -0.345 e. The van der Waals surface area contributed by atoms with Crippen LogP contribution in [0.2, 0.25) is 0 Å². The number of amides is 1. The molecule has 13 heavy (non-hydrogen) atoms. The molecule has 1 amide bonds. The highest BCUT2D eigenvalue weighted by Crippen LogP contribution is 2.20. The maximum Gasteiger partial charge on any atom is 0.471 e. The maximum absolute atomic E-state index is 11.8. The highest BCUT2D eigenvalue weighted by molar-refractivity contribution is 5.81. The molecular weight excluding hydrogens is 185 g/mol. The zero-order chi connectivity index (χ0) is 10.1. The Kier molecular flexibility index (Phi) is 2.80. The van der Waals surface area contributed by atoms with Gasteiger partial charge in [0.2, 0.25) is 0 Å². The van der Waals surface area contributed by atoms with Crippen molar-refractivity contribution in [2.24, 2.45) is 5.73 Å². The van der Waals surface area contributed by atoms with Crippen LogP contribution >= 0.6 is 0 Å². The lowest BCUT2D eigenvalue weighted by Gasteiger charge is -2.13. The third-order valence-electron chi connectivity index (χ3n) is 2.07. The van der Waals surface area contributed by atoms with Crippen LogP contribution < -0.4 is 11.1 Å². The van der Waals surface area contributed by atoms with Crippen molar-refractivity contribution < 1.29 is 18.0 Å². The predicted octanol–water partition coefficient (Wildman–Crippen LogP) is 0.545. The number of carbonyl (C=O) groups excluding carboxylic acids is 1. The number of nitrogens with two attached hydrogens (primary N) is 1. The highest BCUT2D eigenvalue weighted by Gasteiger charge is 2.40. The standard InChI is InChI=1S/C7H11F3N2O/c8-7(9,10)6(13)12-5-2-1-4(11)3-5/h4-5H,1-3,11H2,(H,12,13). The Morgan fingerprint density at radius 1 is 1.38 bits per heavy atom. The monoisotopic (exact) mass is 196 g/mol. The molecule has 76 valence electrons. The summed E-state index contributed by atoms with van der Waals surface area (Å²) < 4.78 is 35.3. The topological polar surface area (TPSA) is 55.1 Å². The van der Waals surface area contributed by atoms with Crippen LogP contribution in [0.5, 0.6) is 0 Å². The molecule has 0 radical (unpaired) electrons. The van der Waals surface area contributed by atoms with Gasteiger partial charge in [0, 0.05) is 12.1 Å². The molecule has 1 fully saturated rings. The second-order valence-electron chi connectivity index (χ2n) is 3.24. The fourth-order valence-corrected chi connectivity index (χ4v) is 1.41. The summed E-state index contributed by atoms with van der Waals surface area (Å²) in [6.45, 7) is 0. The van der Waals surface area contributed by atoms with Gasteiger partial charge >= 0.3 is 12.1 Å². The van der Waals surface area contributed by atoms with Gasteiger partial charge in [-0.15, -0.1) is 0 Å². The van der Waals surface area contributed by atoms with Crippen molar-refractivity contribution in [3.63, 3.8) is 0 Å². The lowest BCUT2D eigenvalue weighted by Crippen LogP contribution is -2.42. The Morgan fingerprint density at radius 3 is 2.38 bits per heavy atom. The molecule has 1 aliphatic carbocycles. The molecule has 1 rings (SSSR count). The molecule has 0 heterocycles. The molecule has 0 aliphatic heterocycles. The van der Waals surface area contributed by atoms with E-state index in [9.17, 15) is 18.0 Å². The van der Waals surface area contributed by atoms with Gasteiger partial charge in [-0.25, -0.2) is 0 Å². The van der Waals surface area contributed by atoms with Gasteiger partial charge in [0.15, 0.2) is 0 Å². The average Bonchev–Trinajstić information content (AvgIpc) is 2.33. The first-order chi connectivity index (χ1) is 5.89. The van der Waals surface area contributed by atoms with Crippen molar-refractivity contribution in [2.75, 3.05) is 0 Å². The van der Waals surface area contributed by atoms with Gasteiger partial charge in [0.05, 0.1) is 0 Å². The molecule has 0 aromatic rings. The van der Waals surface area contributed by atoms with Crippen LogP contribution in [0.3, 0.4) is 0 Å². The van der Waals surface area contributed by atoms with Gasteiger partial charge in [0.25, 0.3) is 0 Å². The summed E-state index contributed by atoms with van der Waals surface area (Å²) in [5.74, 6) is -1.87. The molecule has 0 saturated heterocycles. The minimum atomic E-state index is -4.79. The van der Waals surface area contributed by atoms with E-state index < -0.39 is 18.1 Å². The molecule has 2 unspecified atom stereocenters. The summed E-state index contributed by atoms with van der Waals surface area (Å²) in [5.41, 5.74) is 5.48. The SMILES string of the molecule is NC1CCC(NC(=O)C(F)(F)F)C1. The van der Waals surface area contributed by atoms with E-state index in [-0.39, 0.29) is 6.04 Å². The van der Waals surface area contributed by atoms with Gasteiger partial charge < -0.3 is 11.1 Å². The van der Waals surface area contributed by atoms with Crippen LogP contribution in [0.25, 0.3) is 0 Å². The number of rotatable bonds is 1. The lowest BCUT2D eigenvalue weighted by molar-refractivity contribution is -0.174. The van der Waals surface area contributed by atoms with Crippen LogP contribution in [0.1, 0.15) is 19.3 Å². The number of hydrogen-bond donors (Lipinski definition) is 2. The van der Waals surface area contributed by atoms with E-state index in [0.29, 0.717) is 19.3 Å². The van der Waals surface area contributed by atoms with E-state index in [1.54, 1.807) is 0 Å². The summed E-state index contributed by atoms with van der Waals surface area (Å²) in [6.07, 6.45) is -3.15. The fourth-order valence-electron chi connectivity index (χ4n) is 1.41. The Labute approximate surface area is 73.5 Å². The fraction of sp³-hybridized carbons (Fsp3) is 0.857. The second kappa shape index (κ2) is 3.53. The van der Waals surface area contributed by atoms with Gasteiger partial charge in [-0.05, 0) is 19.3 Å². The Hall–Kier alpha value is -0.780. The summed E-state index contributed by atoms with van der Waals surface area (Å²) in [5, 5.41) is 1.91. The van der Waals surface area contributed by atoms with E-state index in [2.05, 4.69) is 0 Å². The van der Waals surface area contributed by atoms with Crippen LogP contribution in [-0.2, 0) is 4.79 Å². The van der Waals surface area contributed by atoms with Gasteiger partial charge in [-0.3, -0.25) is 4.79 Å². The van der Waals surface area contributed by atoms with Gasteiger partial charge in [0.1, 0.15) is 0 Å². The van der Waals surface area contributed by atoms with Crippen molar-refractivity contribution in [1.29, 1.82) is 0 Å². The summed E-state index contributed by atoms with van der Waals surface area (Å²) in [4.78, 5) is 10.5. The van der Waals surface area contributed by atoms with E-state index in [4.69, 9.17) is 5.73 Å². The Balaban J connectivity index is 2.37. The van der Waals surface area contributed by atoms with Crippen molar-refractivity contribution in [1.82, 2.24) is 5.32 Å². The van der Waals surface area contributed by atoms with E-state index in [1.165, 1.54) is 0 Å². The second-order valence-corrected chi connectivity index (χ2v) is 3.24. The Morgan fingerprint density at radius 2 is 2.00 bits per heavy atom. The smallest absolute Gasteiger partial charge is 0.345 e. The zero-order valence-corrected chi connectivity index (χ0v) is 6.90. The molecular formula is C7H11F3N2O. The molecule has 1 aliphatic rings. The first-order valence-electron chi connectivity index (χ1n) is 4.03. The molecule has 1 saturated carbocycles. The number of nitrogens with one attached hydrogen (secondary N) is 1. The number of alkyl halides is 3. The van der Waals surface area contributed by atoms with Crippen LogP contribution in [-0.4, -0.2) is 24.2 Å². The van der Waals surface area contributed by atoms with Crippen molar-refractivity contribution in [3.05, 3.63) is 0 Å². The van der Waals surface area contributed by atoms with Crippen molar-refractivity contribution in [3.8, 4) is 0 Å². The first kappa shape index (κ1) is 10.3. The maximum atomic E-state index is 11.8. The summed E-state index contributed by atoms with van der Waals surface area (Å²) >= 11 is 0. The summed E-state index contributed by atoms with van der Waals surface area (Å²) in [6, 6.07) is -0.498. The molecule has 0 aromatic carbocycles. The predicted molar refractivity (Wildman–Crippen MR) is 39.8 cm³/mol. The normalized spacial score (nSPS) is 28.9. The average molecular weight is 196 g/mol. The van der Waals surface area contributed by atoms with Gasteiger partial charge in [-0.1, -0.05) is 0 Å². The molecule has 0 spiro atoms. The van der Waals surface area contributed by atoms with Crippen LogP contribution in [0.15, 0.2) is 0 Å². The van der Waals surface area contributed by atoms with E-state index in [1.807, 2.05) is 5.32 Å². The molecule has 0 bridgehead atoms. The third kappa shape index (κ3) is 2.87. The number of carbonyl (C=O) groups is 1. The lowest BCUT2D eigenvalue weighted by atomic mass is 10.2. The zero-order valence-electron chi connectivity index (χ0n) is 6.90. The number of halogens is 3. The molecule has 0 aromatic heterocycles. The molecule has 3 nitrogen and oxygen atoms in total. The van der Waals surface area contributed by atoms with Crippen LogP contribution in [0.4, 0.5) is 13.2 Å². The van der Waals surface area contributed by atoms with Crippen molar-refractivity contribution in [2.45, 2.75) is 37.5 Å². The molecule has 2 atom stereocenters. The van der Waals surface area contributed by atoms with Crippen LogP contribution in [0, 0.1) is 0 Å². The Bertz CT molecular complexity index is 204. The first-order valence-corrected chi connectivity index (χ1v) is 4.03. The third-order valence-corrected chi connectivity index (χ3v) is 2.07. The van der Waals surface area contributed by atoms with Crippen molar-refractivity contribution >= 4 is 5.91 Å². The highest BCUT2D eigenvalue weighted by atomic mass is 19.4. The number of hydrogen-bond acceptors (Lipinski definition) is 2. The largest absolute Gasteiger partial charge is 0.471 e. The quantitative estimate of drug-likeness (QED) is 0.643.